The predicted molar refractivity (Wildman–Crippen MR) is 69.3 cm³/mol. The number of aromatic amines is 1. The van der Waals surface area contributed by atoms with Crippen LogP contribution in [-0.2, 0) is 6.42 Å². The summed E-state index contributed by atoms with van der Waals surface area (Å²) in [5.41, 5.74) is 10.1. The van der Waals surface area contributed by atoms with Crippen molar-refractivity contribution in [2.75, 3.05) is 5.73 Å². The van der Waals surface area contributed by atoms with Gasteiger partial charge in [-0.1, -0.05) is 23.3 Å². The molecule has 0 spiro atoms. The molecule has 0 aliphatic heterocycles. The molecule has 0 aliphatic rings. The minimum atomic E-state index is 0.106. The maximum absolute atomic E-state index is 5.42. The van der Waals surface area contributed by atoms with Gasteiger partial charge in [0.25, 0.3) is 0 Å². The summed E-state index contributed by atoms with van der Waals surface area (Å²) in [7, 11) is 0. The van der Waals surface area contributed by atoms with Crippen LogP contribution < -0.4 is 5.73 Å². The van der Waals surface area contributed by atoms with Crippen molar-refractivity contribution in [3.63, 3.8) is 0 Å². The molecule has 3 N–H and O–H groups in total. The smallest absolute Gasteiger partial charge is 0.312 e. The fourth-order valence-electron chi connectivity index (χ4n) is 2.22. The number of benzene rings is 1. The van der Waals surface area contributed by atoms with Gasteiger partial charge in [0.15, 0.2) is 0 Å². The number of anilines is 1. The van der Waals surface area contributed by atoms with Crippen LogP contribution in [0.25, 0.3) is 10.9 Å². The van der Waals surface area contributed by atoms with Crippen molar-refractivity contribution in [1.29, 1.82) is 0 Å². The van der Waals surface area contributed by atoms with Crippen molar-refractivity contribution in [3.05, 3.63) is 40.9 Å². The third kappa shape index (κ3) is 1.64. The molecule has 0 unspecified atom stereocenters. The number of aromatic nitrogens is 3. The van der Waals surface area contributed by atoms with Crippen LogP contribution >= 0.6 is 0 Å². The van der Waals surface area contributed by atoms with Gasteiger partial charge >= 0.3 is 6.01 Å². The molecule has 5 nitrogen and oxygen atoms in total. The maximum Gasteiger partial charge on any atom is 0.312 e. The van der Waals surface area contributed by atoms with Crippen molar-refractivity contribution in [2.45, 2.75) is 20.3 Å². The van der Waals surface area contributed by atoms with Crippen LogP contribution in [0.15, 0.2) is 22.6 Å². The third-order valence-corrected chi connectivity index (χ3v) is 3.22. The highest BCUT2D eigenvalue weighted by molar-refractivity contribution is 5.87. The Morgan fingerprint density at radius 2 is 2.11 bits per heavy atom. The van der Waals surface area contributed by atoms with Gasteiger partial charge in [0, 0.05) is 16.6 Å². The van der Waals surface area contributed by atoms with Crippen molar-refractivity contribution in [2.24, 2.45) is 0 Å². The van der Waals surface area contributed by atoms with Crippen LogP contribution in [0.4, 0.5) is 6.01 Å². The summed E-state index contributed by atoms with van der Waals surface area (Å²) in [6.45, 7) is 4.18. The monoisotopic (exact) mass is 242 g/mol. The molecule has 3 rings (SSSR count). The highest BCUT2D eigenvalue weighted by Gasteiger charge is 2.12. The molecule has 0 atom stereocenters. The Hall–Kier alpha value is -2.30. The Balaban J connectivity index is 2.07. The number of nitrogens with zero attached hydrogens (tertiary/aromatic N) is 2. The van der Waals surface area contributed by atoms with E-state index in [0.29, 0.717) is 12.3 Å². The summed E-state index contributed by atoms with van der Waals surface area (Å²) in [5, 5.41) is 8.78. The summed E-state index contributed by atoms with van der Waals surface area (Å²) < 4.78 is 5.20. The van der Waals surface area contributed by atoms with Gasteiger partial charge in [-0.3, -0.25) is 0 Å². The zero-order valence-electron chi connectivity index (χ0n) is 10.3. The second-order valence-electron chi connectivity index (χ2n) is 4.44. The van der Waals surface area contributed by atoms with Gasteiger partial charge in [0.2, 0.25) is 5.89 Å². The lowest BCUT2D eigenvalue weighted by Gasteiger charge is -1.94. The Morgan fingerprint density at radius 1 is 1.28 bits per heavy atom. The lowest BCUT2D eigenvalue weighted by atomic mass is 10.1. The van der Waals surface area contributed by atoms with Gasteiger partial charge in [0.05, 0.1) is 6.42 Å². The number of hydrogen-bond acceptors (Lipinski definition) is 4. The molecule has 3 aromatic rings. The highest BCUT2D eigenvalue weighted by atomic mass is 16.4. The van der Waals surface area contributed by atoms with E-state index in [1.165, 1.54) is 16.5 Å². The van der Waals surface area contributed by atoms with Crippen LogP contribution in [0, 0.1) is 13.8 Å². The number of nitrogens with one attached hydrogen (secondary N) is 1. The first-order valence-corrected chi connectivity index (χ1v) is 5.80. The topological polar surface area (TPSA) is 80.7 Å². The molecule has 0 aliphatic carbocycles. The number of rotatable bonds is 2. The summed E-state index contributed by atoms with van der Waals surface area (Å²) in [4.78, 5) is 3.42. The molecule has 0 bridgehead atoms. The van der Waals surface area contributed by atoms with Crippen LogP contribution in [0.3, 0.4) is 0 Å². The lowest BCUT2D eigenvalue weighted by Crippen LogP contribution is -1.91. The normalized spacial score (nSPS) is 11.2. The van der Waals surface area contributed by atoms with Gasteiger partial charge in [-0.15, -0.1) is 5.10 Å². The van der Waals surface area contributed by atoms with Gasteiger partial charge in [0.1, 0.15) is 0 Å². The van der Waals surface area contributed by atoms with E-state index in [0.717, 1.165) is 11.2 Å². The number of nitrogen functional groups attached to an aromatic ring is 1. The lowest BCUT2D eigenvalue weighted by molar-refractivity contribution is 0.521. The van der Waals surface area contributed by atoms with E-state index in [-0.39, 0.29) is 6.01 Å². The summed E-state index contributed by atoms with van der Waals surface area (Å²) in [6.07, 6.45) is 0.574. The molecule has 5 heteroatoms. The molecule has 0 saturated heterocycles. The van der Waals surface area contributed by atoms with E-state index in [1.54, 1.807) is 0 Å². The average molecular weight is 242 g/mol. The zero-order chi connectivity index (χ0) is 12.7. The minimum absolute atomic E-state index is 0.106. The van der Waals surface area contributed by atoms with Gasteiger partial charge < -0.3 is 15.1 Å². The average Bonchev–Trinajstić information content (AvgIpc) is 2.88. The number of H-pyrrole nitrogens is 1. The van der Waals surface area contributed by atoms with Gasteiger partial charge in [-0.05, 0) is 25.0 Å². The molecule has 2 heterocycles. The van der Waals surface area contributed by atoms with E-state index < -0.39 is 0 Å². The van der Waals surface area contributed by atoms with Crippen LogP contribution in [0.5, 0.6) is 0 Å². The molecule has 18 heavy (non-hydrogen) atoms. The van der Waals surface area contributed by atoms with Crippen LogP contribution in [0.2, 0.25) is 0 Å². The highest BCUT2D eigenvalue weighted by Crippen LogP contribution is 2.25. The van der Waals surface area contributed by atoms with Crippen LogP contribution in [0.1, 0.15) is 22.7 Å². The Bertz CT molecular complexity index is 711. The van der Waals surface area contributed by atoms with Gasteiger partial charge in [-0.2, -0.15) is 0 Å². The first-order valence-electron chi connectivity index (χ1n) is 5.80. The maximum atomic E-state index is 5.42. The largest absolute Gasteiger partial charge is 0.408 e. The summed E-state index contributed by atoms with van der Waals surface area (Å²) in [5.74, 6) is 0.528. The van der Waals surface area contributed by atoms with Crippen LogP contribution in [-0.4, -0.2) is 15.2 Å². The molecular weight excluding hydrogens is 228 g/mol. The molecule has 0 fully saturated rings. The second-order valence-corrected chi connectivity index (χ2v) is 4.44. The molecule has 0 amide bonds. The Labute approximate surface area is 104 Å². The number of hydrogen-bond donors (Lipinski definition) is 2. The number of fused-ring (bicyclic) bond motifs is 1. The second kappa shape index (κ2) is 3.87. The molecule has 92 valence electrons. The summed E-state index contributed by atoms with van der Waals surface area (Å²) in [6, 6.07) is 6.37. The van der Waals surface area contributed by atoms with Gasteiger partial charge in [-0.25, -0.2) is 0 Å². The molecular formula is C13H14N4O. The fourth-order valence-corrected chi connectivity index (χ4v) is 2.22. The number of para-hydroxylation sites is 1. The quantitative estimate of drug-likeness (QED) is 0.722. The van der Waals surface area contributed by atoms with E-state index in [2.05, 4.69) is 47.2 Å². The molecule has 0 radical (unpaired) electrons. The summed E-state index contributed by atoms with van der Waals surface area (Å²) >= 11 is 0. The third-order valence-electron chi connectivity index (χ3n) is 3.22. The molecule has 1 aromatic carbocycles. The Morgan fingerprint density at radius 3 is 2.78 bits per heavy atom. The van der Waals surface area contributed by atoms with Crippen molar-refractivity contribution in [1.82, 2.24) is 15.2 Å². The molecule has 0 saturated carbocycles. The van der Waals surface area contributed by atoms with Crippen molar-refractivity contribution in [3.8, 4) is 0 Å². The SMILES string of the molecule is Cc1c(Cc2nnc(N)o2)[nH]c2c(C)cccc12. The number of nitrogens with two attached hydrogens (primary N) is 1. The predicted octanol–water partition coefficient (Wildman–Crippen LogP) is 2.34. The fraction of sp³-hybridized carbons (Fsp3) is 0.231. The van der Waals surface area contributed by atoms with E-state index in [9.17, 15) is 0 Å². The minimum Gasteiger partial charge on any atom is -0.408 e. The van der Waals surface area contributed by atoms with E-state index >= 15 is 0 Å². The first kappa shape index (κ1) is 10.8. The van der Waals surface area contributed by atoms with Crippen molar-refractivity contribution < 1.29 is 4.42 Å². The Kier molecular flexibility index (Phi) is 2.33. The zero-order valence-corrected chi connectivity index (χ0v) is 10.3. The van der Waals surface area contributed by atoms with E-state index in [1.807, 2.05) is 0 Å². The van der Waals surface area contributed by atoms with Crippen molar-refractivity contribution >= 4 is 16.9 Å². The molecule has 2 aromatic heterocycles. The number of aryl methyl sites for hydroxylation is 2. The first-order chi connectivity index (χ1) is 8.65. The standard InChI is InChI=1S/C13H14N4O/c1-7-4-3-5-9-8(2)10(15-12(7)9)6-11-16-17-13(14)18-11/h3-5,15H,6H2,1-2H3,(H2,14,17). The van der Waals surface area contributed by atoms with E-state index in [4.69, 9.17) is 10.2 Å².